The van der Waals surface area contributed by atoms with Gasteiger partial charge in [-0.3, -0.25) is 0 Å². The zero-order valence-electron chi connectivity index (χ0n) is 12.2. The van der Waals surface area contributed by atoms with Gasteiger partial charge in [0, 0.05) is 24.5 Å². The maximum Gasteiger partial charge on any atom is 0.242 e. The minimum Gasteiger partial charge on any atom is -0.363 e. The fourth-order valence-corrected chi connectivity index (χ4v) is 2.63. The molecule has 0 aliphatic carbocycles. The van der Waals surface area contributed by atoms with E-state index in [-0.39, 0.29) is 17.3 Å². The van der Waals surface area contributed by atoms with Crippen molar-refractivity contribution in [3.8, 4) is 0 Å². The van der Waals surface area contributed by atoms with Gasteiger partial charge >= 0.3 is 0 Å². The summed E-state index contributed by atoms with van der Waals surface area (Å²) in [5.41, 5.74) is 0.803. The first kappa shape index (κ1) is 15.7. The monoisotopic (exact) mass is 313 g/mol. The molecule has 21 heavy (non-hydrogen) atoms. The second kappa shape index (κ2) is 6.37. The minimum atomic E-state index is -3.60. The van der Waals surface area contributed by atoms with Gasteiger partial charge in [0.05, 0.1) is 11.4 Å². The normalized spacial score (nSPS) is 12.2. The quantitative estimate of drug-likeness (QED) is 0.693. The molecule has 0 radical (unpaired) electrons. The summed E-state index contributed by atoms with van der Waals surface area (Å²) in [5.74, 6) is 0.696. The van der Waals surface area contributed by atoms with Gasteiger partial charge in [0.2, 0.25) is 15.9 Å². The second-order valence-electron chi connectivity index (χ2n) is 4.96. The number of nitrogens with one attached hydrogen (secondary N) is 3. The molecular weight excluding hydrogens is 294 g/mol. The van der Waals surface area contributed by atoms with Crippen molar-refractivity contribution >= 4 is 10.0 Å². The second-order valence-corrected chi connectivity index (χ2v) is 6.72. The van der Waals surface area contributed by atoms with Crippen molar-refractivity contribution in [3.63, 3.8) is 0 Å². The molecule has 2 heterocycles. The van der Waals surface area contributed by atoms with Gasteiger partial charge < -0.3 is 14.8 Å². The van der Waals surface area contributed by atoms with Crippen LogP contribution in [-0.2, 0) is 23.1 Å². The van der Waals surface area contributed by atoms with Gasteiger partial charge in [-0.15, -0.1) is 0 Å². The van der Waals surface area contributed by atoms with Gasteiger partial charge in [0.1, 0.15) is 0 Å². The summed E-state index contributed by atoms with van der Waals surface area (Å²) in [6, 6.07) is 1.92. The zero-order chi connectivity index (χ0) is 15.5. The third-order valence-electron chi connectivity index (χ3n) is 2.71. The number of aromatic nitrogens is 3. The Morgan fingerprint density at radius 2 is 2.14 bits per heavy atom. The fourth-order valence-electron chi connectivity index (χ4n) is 1.64. The molecule has 3 N–H and O–H groups in total. The third-order valence-corrected chi connectivity index (χ3v) is 4.09. The Balaban J connectivity index is 1.99. The van der Waals surface area contributed by atoms with Crippen molar-refractivity contribution in [2.24, 2.45) is 0 Å². The van der Waals surface area contributed by atoms with Gasteiger partial charge in [0.25, 0.3) is 0 Å². The molecule has 0 amide bonds. The maximum absolute atomic E-state index is 12.1. The van der Waals surface area contributed by atoms with Crippen molar-refractivity contribution in [2.45, 2.75) is 44.8 Å². The molecule has 0 unspecified atom stereocenters. The van der Waals surface area contributed by atoms with Gasteiger partial charge in [-0.2, -0.15) is 4.98 Å². The molecular formula is C12H19N5O3S. The highest BCUT2D eigenvalue weighted by Crippen LogP contribution is 2.11. The van der Waals surface area contributed by atoms with Crippen molar-refractivity contribution in [1.82, 2.24) is 25.2 Å². The highest BCUT2D eigenvalue weighted by molar-refractivity contribution is 7.89. The molecule has 0 atom stereocenters. The van der Waals surface area contributed by atoms with Crippen LogP contribution in [-0.4, -0.2) is 29.6 Å². The summed E-state index contributed by atoms with van der Waals surface area (Å²) in [7, 11) is -3.60. The smallest absolute Gasteiger partial charge is 0.242 e. The van der Waals surface area contributed by atoms with E-state index < -0.39 is 10.0 Å². The van der Waals surface area contributed by atoms with E-state index >= 15 is 0 Å². The molecule has 0 saturated carbocycles. The van der Waals surface area contributed by atoms with Crippen LogP contribution in [0.4, 0.5) is 0 Å². The van der Waals surface area contributed by atoms with Crippen molar-refractivity contribution in [2.75, 3.05) is 0 Å². The van der Waals surface area contributed by atoms with Crippen molar-refractivity contribution in [3.05, 3.63) is 29.7 Å². The number of aryl methyl sites for hydroxylation is 1. The molecule has 2 aromatic rings. The molecule has 0 saturated heterocycles. The molecule has 8 nitrogen and oxygen atoms in total. The summed E-state index contributed by atoms with van der Waals surface area (Å²) in [6.07, 6.45) is 1.46. The maximum atomic E-state index is 12.1. The zero-order valence-corrected chi connectivity index (χ0v) is 13.0. The lowest BCUT2D eigenvalue weighted by atomic mass is 10.3. The van der Waals surface area contributed by atoms with Gasteiger partial charge in [-0.1, -0.05) is 19.0 Å². The Bertz CT molecular complexity index is 689. The van der Waals surface area contributed by atoms with Crippen LogP contribution < -0.4 is 10.0 Å². The number of hydrogen-bond donors (Lipinski definition) is 3. The standard InChI is InChI=1S/C12H19N5O3S/c1-8(2)13-5-10-4-11(6-14-10)21(18,19)15-7-12-16-9(3)17-20-12/h4,6,8,13-15H,5,7H2,1-3H3. The Morgan fingerprint density at radius 3 is 2.76 bits per heavy atom. The highest BCUT2D eigenvalue weighted by Gasteiger charge is 2.17. The number of rotatable bonds is 7. The summed E-state index contributed by atoms with van der Waals surface area (Å²) in [4.78, 5) is 7.06. The minimum absolute atomic E-state index is 0.0338. The first-order valence-electron chi connectivity index (χ1n) is 6.56. The summed E-state index contributed by atoms with van der Waals surface area (Å²) < 4.78 is 31.5. The molecule has 9 heteroatoms. The number of aromatic amines is 1. The first-order valence-corrected chi connectivity index (χ1v) is 8.04. The first-order chi connectivity index (χ1) is 9.87. The third kappa shape index (κ3) is 4.38. The van der Waals surface area contributed by atoms with E-state index in [1.54, 1.807) is 13.0 Å². The van der Waals surface area contributed by atoms with Crippen molar-refractivity contribution in [1.29, 1.82) is 0 Å². The van der Waals surface area contributed by atoms with E-state index in [2.05, 4.69) is 25.2 Å². The topological polar surface area (TPSA) is 113 Å². The predicted molar refractivity (Wildman–Crippen MR) is 75.8 cm³/mol. The molecule has 0 spiro atoms. The van der Waals surface area contributed by atoms with E-state index in [1.807, 2.05) is 13.8 Å². The van der Waals surface area contributed by atoms with Crippen LogP contribution in [0.25, 0.3) is 0 Å². The lowest BCUT2D eigenvalue weighted by Gasteiger charge is -2.05. The van der Waals surface area contributed by atoms with Crippen LogP contribution in [0.15, 0.2) is 21.7 Å². The van der Waals surface area contributed by atoms with E-state index in [0.717, 1.165) is 5.69 Å². The van der Waals surface area contributed by atoms with Crippen LogP contribution >= 0.6 is 0 Å². The summed E-state index contributed by atoms with van der Waals surface area (Å²) in [5, 5.41) is 6.81. The summed E-state index contributed by atoms with van der Waals surface area (Å²) in [6.45, 7) is 6.26. The molecule has 0 bridgehead atoms. The van der Waals surface area contributed by atoms with Crippen molar-refractivity contribution < 1.29 is 12.9 Å². The molecule has 0 aliphatic rings. The molecule has 2 aromatic heterocycles. The Kier molecular flexibility index (Phi) is 4.76. The van der Waals surface area contributed by atoms with Gasteiger partial charge in [-0.05, 0) is 13.0 Å². The molecule has 2 rings (SSSR count). The lowest BCUT2D eigenvalue weighted by Crippen LogP contribution is -2.23. The average molecular weight is 313 g/mol. The van der Waals surface area contributed by atoms with Crippen LogP contribution in [0.1, 0.15) is 31.3 Å². The Labute approximate surface area is 123 Å². The van der Waals surface area contributed by atoms with E-state index in [1.165, 1.54) is 6.20 Å². The number of nitrogens with zero attached hydrogens (tertiary/aromatic N) is 2. The lowest BCUT2D eigenvalue weighted by molar-refractivity contribution is 0.372. The molecule has 0 fully saturated rings. The Hall–Kier alpha value is -1.71. The number of hydrogen-bond acceptors (Lipinski definition) is 6. The predicted octanol–water partition coefficient (Wildman–Crippen LogP) is 0.683. The number of H-pyrrole nitrogens is 1. The van der Waals surface area contributed by atoms with Crippen LogP contribution in [0, 0.1) is 6.92 Å². The molecule has 0 aliphatic heterocycles. The number of sulfonamides is 1. The van der Waals surface area contributed by atoms with Gasteiger partial charge in [0.15, 0.2) is 5.82 Å². The Morgan fingerprint density at radius 1 is 1.38 bits per heavy atom. The van der Waals surface area contributed by atoms with E-state index in [0.29, 0.717) is 18.4 Å². The van der Waals surface area contributed by atoms with Crippen LogP contribution in [0.3, 0.4) is 0 Å². The fraction of sp³-hybridized carbons (Fsp3) is 0.500. The van der Waals surface area contributed by atoms with E-state index in [4.69, 9.17) is 4.52 Å². The highest BCUT2D eigenvalue weighted by atomic mass is 32.2. The average Bonchev–Trinajstić information content (AvgIpc) is 3.03. The van der Waals surface area contributed by atoms with Crippen LogP contribution in [0.5, 0.6) is 0 Å². The molecule has 0 aromatic carbocycles. The van der Waals surface area contributed by atoms with E-state index in [9.17, 15) is 8.42 Å². The largest absolute Gasteiger partial charge is 0.363 e. The van der Waals surface area contributed by atoms with Crippen LogP contribution in [0.2, 0.25) is 0 Å². The molecule has 116 valence electrons. The SMILES string of the molecule is Cc1noc(CNS(=O)(=O)c2c[nH]c(CNC(C)C)c2)n1. The van der Waals surface area contributed by atoms with Gasteiger partial charge in [-0.25, -0.2) is 13.1 Å². The summed E-state index contributed by atoms with van der Waals surface area (Å²) >= 11 is 0.